The van der Waals surface area contributed by atoms with Gasteiger partial charge in [-0.3, -0.25) is 4.79 Å². The number of rotatable bonds is 3. The topological polar surface area (TPSA) is 46.3 Å². The molecule has 2 unspecified atom stereocenters. The van der Waals surface area contributed by atoms with Crippen molar-refractivity contribution >= 4 is 17.7 Å². The molecule has 0 aromatic heterocycles. The smallest absolute Gasteiger partial charge is 0.231 e. The molecule has 18 heavy (non-hydrogen) atoms. The number of thioether (sulfide) groups is 1. The van der Waals surface area contributed by atoms with Crippen molar-refractivity contribution in [1.29, 1.82) is 0 Å². The number of nitrogens with zero attached hydrogens (tertiary/aromatic N) is 1. The van der Waals surface area contributed by atoms with E-state index in [1.165, 1.54) is 0 Å². The first-order chi connectivity index (χ1) is 8.74. The fraction of sp³-hybridized carbons (Fsp3) is 0.500. The third-order valence-corrected chi connectivity index (χ3v) is 4.58. The maximum atomic E-state index is 12.6. The van der Waals surface area contributed by atoms with Gasteiger partial charge in [0.1, 0.15) is 0 Å². The van der Waals surface area contributed by atoms with Gasteiger partial charge in [-0.2, -0.15) is 11.8 Å². The highest BCUT2D eigenvalue weighted by Crippen LogP contribution is 2.23. The van der Waals surface area contributed by atoms with Crippen LogP contribution in [0.5, 0.6) is 0 Å². The lowest BCUT2D eigenvalue weighted by atomic mass is 9.97. The Kier molecular flexibility index (Phi) is 4.66. The van der Waals surface area contributed by atoms with Gasteiger partial charge in [-0.15, -0.1) is 0 Å². The summed E-state index contributed by atoms with van der Waals surface area (Å²) in [5.74, 6) is 2.04. The Morgan fingerprint density at radius 2 is 2.22 bits per heavy atom. The van der Waals surface area contributed by atoms with Crippen LogP contribution in [0, 0.1) is 0 Å². The molecule has 1 heterocycles. The fourth-order valence-electron chi connectivity index (χ4n) is 2.32. The Morgan fingerprint density at radius 3 is 2.83 bits per heavy atom. The number of carbonyl (C=O) groups is 1. The molecule has 1 aliphatic rings. The predicted molar refractivity (Wildman–Crippen MR) is 76.7 cm³/mol. The molecule has 3 nitrogen and oxygen atoms in total. The van der Waals surface area contributed by atoms with Crippen molar-refractivity contribution in [3.05, 3.63) is 35.9 Å². The number of nitrogens with two attached hydrogens (primary N) is 1. The fourth-order valence-corrected chi connectivity index (χ4v) is 3.33. The number of benzene rings is 1. The highest BCUT2D eigenvalue weighted by molar-refractivity contribution is 7.99. The van der Waals surface area contributed by atoms with Gasteiger partial charge in [0, 0.05) is 30.6 Å². The second-order valence-electron chi connectivity index (χ2n) is 4.65. The van der Waals surface area contributed by atoms with E-state index in [1.54, 1.807) is 0 Å². The van der Waals surface area contributed by atoms with E-state index in [-0.39, 0.29) is 11.8 Å². The molecule has 4 heteroatoms. The Bertz CT molecular complexity index is 396. The van der Waals surface area contributed by atoms with Gasteiger partial charge in [-0.25, -0.2) is 0 Å². The summed E-state index contributed by atoms with van der Waals surface area (Å²) < 4.78 is 0. The Morgan fingerprint density at radius 1 is 1.50 bits per heavy atom. The largest absolute Gasteiger partial charge is 0.338 e. The molecule has 2 N–H and O–H groups in total. The van der Waals surface area contributed by atoms with Gasteiger partial charge in [0.25, 0.3) is 0 Å². The van der Waals surface area contributed by atoms with Crippen LogP contribution in [-0.4, -0.2) is 41.4 Å². The Hall–Kier alpha value is -1.00. The van der Waals surface area contributed by atoms with Gasteiger partial charge in [0.15, 0.2) is 0 Å². The molecule has 2 atom stereocenters. The summed E-state index contributed by atoms with van der Waals surface area (Å²) in [6.07, 6.45) is 0. The van der Waals surface area contributed by atoms with Gasteiger partial charge in [0.05, 0.1) is 5.92 Å². The quantitative estimate of drug-likeness (QED) is 0.904. The van der Waals surface area contributed by atoms with Crippen LogP contribution < -0.4 is 5.73 Å². The summed E-state index contributed by atoms with van der Waals surface area (Å²) in [4.78, 5) is 14.6. The third kappa shape index (κ3) is 2.87. The monoisotopic (exact) mass is 264 g/mol. The SMILES string of the molecule is CC1CSCCN1C(=O)C(CN)c1ccccc1. The van der Waals surface area contributed by atoms with Crippen LogP contribution in [0.25, 0.3) is 0 Å². The molecule has 2 rings (SSSR count). The maximum Gasteiger partial charge on any atom is 0.231 e. The van der Waals surface area contributed by atoms with Crippen LogP contribution in [0.2, 0.25) is 0 Å². The molecule has 0 spiro atoms. The first kappa shape index (κ1) is 13.4. The van der Waals surface area contributed by atoms with Crippen molar-refractivity contribution in [1.82, 2.24) is 4.90 Å². The van der Waals surface area contributed by atoms with E-state index in [0.717, 1.165) is 23.6 Å². The standard InChI is InChI=1S/C14H20N2OS/c1-11-10-18-8-7-16(11)14(17)13(9-15)12-5-3-2-4-6-12/h2-6,11,13H,7-10,15H2,1H3. The first-order valence-corrected chi connectivity index (χ1v) is 7.52. The van der Waals surface area contributed by atoms with Crippen LogP contribution in [-0.2, 0) is 4.79 Å². The van der Waals surface area contributed by atoms with Crippen molar-refractivity contribution in [2.24, 2.45) is 5.73 Å². The van der Waals surface area contributed by atoms with E-state index in [9.17, 15) is 4.79 Å². The van der Waals surface area contributed by atoms with Crippen molar-refractivity contribution < 1.29 is 4.79 Å². The maximum absolute atomic E-state index is 12.6. The summed E-state index contributed by atoms with van der Waals surface area (Å²) in [7, 11) is 0. The Balaban J connectivity index is 2.15. The number of amides is 1. The molecule has 1 aliphatic heterocycles. The summed E-state index contributed by atoms with van der Waals surface area (Å²) in [5.41, 5.74) is 6.83. The van der Waals surface area contributed by atoms with Crippen molar-refractivity contribution in [2.45, 2.75) is 18.9 Å². The van der Waals surface area contributed by atoms with Crippen LogP contribution in [0.15, 0.2) is 30.3 Å². The molecular formula is C14H20N2OS. The lowest BCUT2D eigenvalue weighted by molar-refractivity contribution is -0.134. The molecule has 1 aromatic carbocycles. The van der Waals surface area contributed by atoms with Crippen LogP contribution in [0.3, 0.4) is 0 Å². The molecule has 0 saturated carbocycles. The molecule has 1 fully saturated rings. The molecule has 0 bridgehead atoms. The second kappa shape index (κ2) is 6.25. The van der Waals surface area contributed by atoms with E-state index >= 15 is 0 Å². The summed E-state index contributed by atoms with van der Waals surface area (Å²) in [6.45, 7) is 3.33. The first-order valence-electron chi connectivity index (χ1n) is 6.37. The van der Waals surface area contributed by atoms with Gasteiger partial charge < -0.3 is 10.6 Å². The van der Waals surface area contributed by atoms with Crippen molar-refractivity contribution in [3.8, 4) is 0 Å². The molecule has 98 valence electrons. The zero-order valence-electron chi connectivity index (χ0n) is 10.7. The lowest BCUT2D eigenvalue weighted by Crippen LogP contribution is -2.47. The van der Waals surface area contributed by atoms with Crippen molar-refractivity contribution in [3.63, 3.8) is 0 Å². The zero-order valence-corrected chi connectivity index (χ0v) is 11.5. The number of hydrogen-bond donors (Lipinski definition) is 1. The molecular weight excluding hydrogens is 244 g/mol. The zero-order chi connectivity index (χ0) is 13.0. The third-order valence-electron chi connectivity index (χ3n) is 3.39. The van der Waals surface area contributed by atoms with Crippen LogP contribution in [0.4, 0.5) is 0 Å². The van der Waals surface area contributed by atoms with Crippen molar-refractivity contribution in [2.75, 3.05) is 24.6 Å². The van der Waals surface area contributed by atoms with Gasteiger partial charge in [0.2, 0.25) is 5.91 Å². The minimum atomic E-state index is -0.197. The van der Waals surface area contributed by atoms with Gasteiger partial charge in [-0.1, -0.05) is 30.3 Å². The van der Waals surface area contributed by atoms with E-state index in [0.29, 0.717) is 12.6 Å². The van der Waals surface area contributed by atoms with Gasteiger partial charge >= 0.3 is 0 Å². The summed E-state index contributed by atoms with van der Waals surface area (Å²) in [5, 5.41) is 0. The van der Waals surface area contributed by atoms with E-state index in [2.05, 4.69) is 6.92 Å². The number of carbonyl (C=O) groups excluding carboxylic acids is 1. The average Bonchev–Trinajstić information content (AvgIpc) is 2.41. The van der Waals surface area contributed by atoms with Crippen LogP contribution >= 0.6 is 11.8 Å². The summed E-state index contributed by atoms with van der Waals surface area (Å²) in [6, 6.07) is 10.2. The van der Waals surface area contributed by atoms with E-state index < -0.39 is 0 Å². The highest BCUT2D eigenvalue weighted by atomic mass is 32.2. The van der Waals surface area contributed by atoms with Crippen LogP contribution in [0.1, 0.15) is 18.4 Å². The second-order valence-corrected chi connectivity index (χ2v) is 5.80. The lowest BCUT2D eigenvalue weighted by Gasteiger charge is -2.35. The molecule has 1 amide bonds. The summed E-state index contributed by atoms with van der Waals surface area (Å²) >= 11 is 1.91. The average molecular weight is 264 g/mol. The van der Waals surface area contributed by atoms with E-state index in [1.807, 2.05) is 47.0 Å². The minimum absolute atomic E-state index is 0.177. The molecule has 0 radical (unpaired) electrons. The predicted octanol–water partition coefficient (Wildman–Crippen LogP) is 1.69. The minimum Gasteiger partial charge on any atom is -0.338 e. The Labute approximate surface area is 113 Å². The normalized spacial score (nSPS) is 21.7. The van der Waals surface area contributed by atoms with E-state index in [4.69, 9.17) is 5.73 Å². The molecule has 0 aliphatic carbocycles. The van der Waals surface area contributed by atoms with Gasteiger partial charge in [-0.05, 0) is 12.5 Å². The number of hydrogen-bond acceptors (Lipinski definition) is 3. The molecule has 1 aromatic rings. The highest BCUT2D eigenvalue weighted by Gasteiger charge is 2.29. The molecule has 1 saturated heterocycles.